The van der Waals surface area contributed by atoms with Gasteiger partial charge in [-0.05, 0) is 38.5 Å². The molecule has 26 heavy (non-hydrogen) atoms. The molecule has 1 N–H and O–H groups in total. The van der Waals surface area contributed by atoms with Crippen molar-refractivity contribution < 1.29 is 14.1 Å². The van der Waals surface area contributed by atoms with Crippen LogP contribution in [0.3, 0.4) is 0 Å². The molecule has 0 fully saturated rings. The average Bonchev–Trinajstić information content (AvgIpc) is 2.96. The van der Waals surface area contributed by atoms with E-state index in [4.69, 9.17) is 9.26 Å². The number of amides is 1. The summed E-state index contributed by atoms with van der Waals surface area (Å²) in [6.07, 6.45) is 0. The molecule has 0 saturated carbocycles. The number of carbonyl (C=O) groups excluding carboxylic acids is 1. The van der Waals surface area contributed by atoms with Gasteiger partial charge in [0.25, 0.3) is 5.91 Å². The van der Waals surface area contributed by atoms with Crippen LogP contribution in [0, 0.1) is 20.8 Å². The summed E-state index contributed by atoms with van der Waals surface area (Å²) in [5.41, 5.74) is 4.43. The predicted octanol–water partition coefficient (Wildman–Crippen LogP) is 4.11. The Morgan fingerprint density at radius 2 is 1.92 bits per heavy atom. The molecule has 0 spiro atoms. The highest BCUT2D eigenvalue weighted by Crippen LogP contribution is 2.21. The maximum absolute atomic E-state index is 12.6. The molecule has 0 radical (unpaired) electrons. The number of para-hydroxylation sites is 1. The van der Waals surface area contributed by atoms with Crippen molar-refractivity contribution in [1.29, 1.82) is 0 Å². The van der Waals surface area contributed by atoms with Crippen molar-refractivity contribution in [3.05, 3.63) is 82.2 Å². The van der Waals surface area contributed by atoms with Crippen molar-refractivity contribution in [3.63, 3.8) is 0 Å². The molecule has 2 aromatic carbocycles. The first kappa shape index (κ1) is 17.7. The van der Waals surface area contributed by atoms with Gasteiger partial charge in [0.2, 0.25) is 0 Å². The van der Waals surface area contributed by atoms with Gasteiger partial charge in [0.15, 0.2) is 0 Å². The molecule has 3 rings (SSSR count). The summed E-state index contributed by atoms with van der Waals surface area (Å²) in [6.45, 7) is 6.53. The number of aryl methyl sites for hydroxylation is 3. The molecule has 0 aliphatic rings. The van der Waals surface area contributed by atoms with Crippen LogP contribution in [0.25, 0.3) is 0 Å². The fourth-order valence-corrected chi connectivity index (χ4v) is 2.74. The van der Waals surface area contributed by atoms with Crippen LogP contribution in [-0.2, 0) is 13.2 Å². The smallest absolute Gasteiger partial charge is 0.255 e. The van der Waals surface area contributed by atoms with Gasteiger partial charge < -0.3 is 14.6 Å². The topological polar surface area (TPSA) is 64.4 Å². The van der Waals surface area contributed by atoms with E-state index in [9.17, 15) is 4.79 Å². The van der Waals surface area contributed by atoms with Crippen molar-refractivity contribution in [2.45, 2.75) is 33.9 Å². The minimum absolute atomic E-state index is 0.166. The number of nitrogens with zero attached hydrogens (tertiary/aromatic N) is 1. The molecular formula is C21H22N2O3. The number of ether oxygens (including phenoxy) is 1. The van der Waals surface area contributed by atoms with Crippen LogP contribution < -0.4 is 10.1 Å². The maximum atomic E-state index is 12.6. The van der Waals surface area contributed by atoms with Crippen LogP contribution in [0.15, 0.2) is 53.1 Å². The van der Waals surface area contributed by atoms with Crippen LogP contribution in [0.4, 0.5) is 0 Å². The lowest BCUT2D eigenvalue weighted by Crippen LogP contribution is -2.23. The summed E-state index contributed by atoms with van der Waals surface area (Å²) in [7, 11) is 0. The van der Waals surface area contributed by atoms with E-state index in [1.165, 1.54) is 5.56 Å². The molecule has 0 saturated heterocycles. The molecule has 1 aromatic heterocycles. The fraction of sp³-hybridized carbons (Fsp3) is 0.238. The van der Waals surface area contributed by atoms with Crippen molar-refractivity contribution >= 4 is 5.91 Å². The maximum Gasteiger partial charge on any atom is 0.255 e. The second kappa shape index (κ2) is 7.87. The predicted molar refractivity (Wildman–Crippen MR) is 99.1 cm³/mol. The summed E-state index contributed by atoms with van der Waals surface area (Å²) in [5.74, 6) is 1.10. The first-order valence-electron chi connectivity index (χ1n) is 8.52. The Kier molecular flexibility index (Phi) is 5.37. The van der Waals surface area contributed by atoms with E-state index in [0.717, 1.165) is 22.6 Å². The van der Waals surface area contributed by atoms with Crippen molar-refractivity contribution in [3.8, 4) is 5.75 Å². The van der Waals surface area contributed by atoms with Gasteiger partial charge >= 0.3 is 0 Å². The van der Waals surface area contributed by atoms with E-state index >= 15 is 0 Å². The highest BCUT2D eigenvalue weighted by molar-refractivity contribution is 5.96. The lowest BCUT2D eigenvalue weighted by molar-refractivity contribution is 0.0946. The number of hydrogen-bond donors (Lipinski definition) is 1. The average molecular weight is 350 g/mol. The lowest BCUT2D eigenvalue weighted by atomic mass is 10.1. The molecule has 3 aromatic rings. The van der Waals surface area contributed by atoms with E-state index in [1.54, 1.807) is 12.1 Å². The molecule has 1 heterocycles. The Balaban J connectivity index is 1.69. The van der Waals surface area contributed by atoms with Gasteiger partial charge in [0.1, 0.15) is 18.1 Å². The molecule has 0 aliphatic heterocycles. The third kappa shape index (κ3) is 4.11. The summed E-state index contributed by atoms with van der Waals surface area (Å²) in [4.78, 5) is 12.6. The molecule has 5 heteroatoms. The second-order valence-electron chi connectivity index (χ2n) is 6.26. The molecule has 5 nitrogen and oxygen atoms in total. The normalized spacial score (nSPS) is 10.6. The largest absolute Gasteiger partial charge is 0.488 e. The van der Waals surface area contributed by atoms with Gasteiger partial charge in [-0.3, -0.25) is 4.79 Å². The van der Waals surface area contributed by atoms with E-state index in [0.29, 0.717) is 24.5 Å². The molecule has 0 aliphatic carbocycles. The Hall–Kier alpha value is -3.08. The third-order valence-corrected chi connectivity index (χ3v) is 4.22. The monoisotopic (exact) mass is 350 g/mol. The molecule has 0 unspecified atom stereocenters. The number of benzene rings is 2. The zero-order chi connectivity index (χ0) is 18.5. The molecule has 0 atom stereocenters. The summed E-state index contributed by atoms with van der Waals surface area (Å²) in [6, 6.07) is 15.3. The van der Waals surface area contributed by atoms with Gasteiger partial charge in [-0.1, -0.05) is 47.1 Å². The van der Waals surface area contributed by atoms with Crippen molar-refractivity contribution in [2.24, 2.45) is 0 Å². The van der Waals surface area contributed by atoms with E-state index < -0.39 is 0 Å². The number of rotatable bonds is 6. The zero-order valence-electron chi connectivity index (χ0n) is 15.2. The third-order valence-electron chi connectivity index (χ3n) is 4.22. The Morgan fingerprint density at radius 3 is 2.65 bits per heavy atom. The number of aromatic nitrogens is 1. The first-order chi connectivity index (χ1) is 12.5. The minimum atomic E-state index is -0.166. The number of nitrogens with one attached hydrogen (secondary N) is 1. The zero-order valence-corrected chi connectivity index (χ0v) is 15.2. The Morgan fingerprint density at radius 1 is 1.12 bits per heavy atom. The van der Waals surface area contributed by atoms with Crippen LogP contribution >= 0.6 is 0 Å². The van der Waals surface area contributed by atoms with Gasteiger partial charge in [-0.15, -0.1) is 0 Å². The van der Waals surface area contributed by atoms with Crippen LogP contribution in [-0.4, -0.2) is 11.1 Å². The van der Waals surface area contributed by atoms with Crippen molar-refractivity contribution in [1.82, 2.24) is 10.5 Å². The van der Waals surface area contributed by atoms with Gasteiger partial charge in [-0.2, -0.15) is 0 Å². The SMILES string of the molecule is Cc1cccc(CNC(=O)c2ccccc2OCc2c(C)noc2C)c1. The second-order valence-corrected chi connectivity index (χ2v) is 6.26. The van der Waals surface area contributed by atoms with Crippen molar-refractivity contribution in [2.75, 3.05) is 0 Å². The minimum Gasteiger partial charge on any atom is -0.488 e. The first-order valence-corrected chi connectivity index (χ1v) is 8.52. The summed E-state index contributed by atoms with van der Waals surface area (Å²) >= 11 is 0. The quantitative estimate of drug-likeness (QED) is 0.727. The van der Waals surface area contributed by atoms with E-state index in [-0.39, 0.29) is 5.91 Å². The Bertz CT molecular complexity index is 896. The molecule has 1 amide bonds. The number of hydrogen-bond acceptors (Lipinski definition) is 4. The molecule has 0 bridgehead atoms. The van der Waals surface area contributed by atoms with E-state index in [1.807, 2.05) is 51.1 Å². The standard InChI is InChI=1S/C21H22N2O3/c1-14-7-6-8-17(11-14)12-22-21(24)18-9-4-5-10-20(18)25-13-19-15(2)23-26-16(19)3/h4-11H,12-13H2,1-3H3,(H,22,24). The number of carbonyl (C=O) groups is 1. The summed E-state index contributed by atoms with van der Waals surface area (Å²) in [5, 5.41) is 6.87. The highest BCUT2D eigenvalue weighted by Gasteiger charge is 2.14. The van der Waals surface area contributed by atoms with Crippen LogP contribution in [0.2, 0.25) is 0 Å². The van der Waals surface area contributed by atoms with Gasteiger partial charge in [-0.25, -0.2) is 0 Å². The van der Waals surface area contributed by atoms with E-state index in [2.05, 4.69) is 16.5 Å². The van der Waals surface area contributed by atoms with Crippen LogP contribution in [0.1, 0.15) is 38.5 Å². The van der Waals surface area contributed by atoms with Crippen LogP contribution in [0.5, 0.6) is 5.75 Å². The lowest BCUT2D eigenvalue weighted by Gasteiger charge is -2.12. The Labute approximate surface area is 153 Å². The highest BCUT2D eigenvalue weighted by atomic mass is 16.5. The summed E-state index contributed by atoms with van der Waals surface area (Å²) < 4.78 is 11.0. The van der Waals surface area contributed by atoms with Gasteiger partial charge in [0, 0.05) is 6.54 Å². The fourth-order valence-electron chi connectivity index (χ4n) is 2.74. The van der Waals surface area contributed by atoms with Gasteiger partial charge in [0.05, 0.1) is 16.8 Å². The molecular weight excluding hydrogens is 328 g/mol. The molecule has 134 valence electrons.